The van der Waals surface area contributed by atoms with E-state index in [1.54, 1.807) is 18.2 Å². The van der Waals surface area contributed by atoms with Crippen LogP contribution >= 0.6 is 0 Å². The summed E-state index contributed by atoms with van der Waals surface area (Å²) in [6.07, 6.45) is 4.44. The van der Waals surface area contributed by atoms with E-state index < -0.39 is 5.97 Å². The zero-order valence-electron chi connectivity index (χ0n) is 15.2. The van der Waals surface area contributed by atoms with Gasteiger partial charge in [-0.3, -0.25) is 4.79 Å². The van der Waals surface area contributed by atoms with Crippen LogP contribution in [-0.2, 0) is 9.53 Å². The highest BCUT2D eigenvalue weighted by molar-refractivity contribution is 5.92. The Hall–Kier alpha value is -2.24. The number of hydrogen-bond donors (Lipinski definition) is 1. The van der Waals surface area contributed by atoms with E-state index >= 15 is 0 Å². The van der Waals surface area contributed by atoms with Crippen molar-refractivity contribution < 1.29 is 23.8 Å². The van der Waals surface area contributed by atoms with Gasteiger partial charge in [0.2, 0.25) is 0 Å². The molecule has 1 N–H and O–H groups in total. The van der Waals surface area contributed by atoms with E-state index in [0.717, 1.165) is 19.3 Å². The first kappa shape index (κ1) is 19.1. The van der Waals surface area contributed by atoms with Crippen molar-refractivity contribution in [1.29, 1.82) is 0 Å². The Morgan fingerprint density at radius 1 is 1.20 bits per heavy atom. The van der Waals surface area contributed by atoms with E-state index in [4.69, 9.17) is 14.2 Å². The minimum Gasteiger partial charge on any atom is -0.493 e. The average molecular weight is 349 g/mol. The Balaban J connectivity index is 1.88. The monoisotopic (exact) mass is 349 g/mol. The summed E-state index contributed by atoms with van der Waals surface area (Å²) in [5, 5.41) is 2.96. The van der Waals surface area contributed by atoms with Crippen LogP contribution in [0.15, 0.2) is 18.2 Å². The van der Waals surface area contributed by atoms with E-state index in [9.17, 15) is 9.59 Å². The van der Waals surface area contributed by atoms with Gasteiger partial charge in [0.1, 0.15) is 0 Å². The molecule has 1 aromatic rings. The topological polar surface area (TPSA) is 73.9 Å². The highest BCUT2D eigenvalue weighted by Crippen LogP contribution is 2.28. The third-order valence-corrected chi connectivity index (χ3v) is 4.49. The maximum atomic E-state index is 12.1. The number of carbonyl (C=O) groups excluding carboxylic acids is 2. The third-order valence-electron chi connectivity index (χ3n) is 4.49. The molecule has 1 amide bonds. The van der Waals surface area contributed by atoms with Gasteiger partial charge in [-0.1, -0.05) is 19.8 Å². The first-order valence-electron chi connectivity index (χ1n) is 8.82. The zero-order valence-corrected chi connectivity index (χ0v) is 15.2. The molecule has 1 fully saturated rings. The molecule has 0 aliphatic heterocycles. The first-order valence-corrected chi connectivity index (χ1v) is 8.82. The number of methoxy groups -OCH3 is 1. The number of hydrogen-bond acceptors (Lipinski definition) is 5. The smallest absolute Gasteiger partial charge is 0.338 e. The van der Waals surface area contributed by atoms with Gasteiger partial charge in [-0.25, -0.2) is 4.79 Å². The first-order chi connectivity index (χ1) is 12.0. The zero-order chi connectivity index (χ0) is 18.2. The molecule has 2 rings (SSSR count). The standard InChI is InChI=1S/C19H27NO5/c1-4-24-16-10-9-14(11-17(16)23-3)19(22)25-12-18(21)20-15-8-6-5-7-13(15)2/h9-11,13,15H,4-8,12H2,1-3H3,(H,20,21)/t13-,15+/m0/s1. The summed E-state index contributed by atoms with van der Waals surface area (Å²) in [6.45, 7) is 4.23. The summed E-state index contributed by atoms with van der Waals surface area (Å²) in [4.78, 5) is 24.2. The molecule has 0 unspecified atom stereocenters. The van der Waals surface area contributed by atoms with Gasteiger partial charge in [-0.05, 0) is 43.9 Å². The van der Waals surface area contributed by atoms with E-state index in [2.05, 4.69) is 12.2 Å². The Morgan fingerprint density at radius 2 is 1.96 bits per heavy atom. The molecule has 1 aliphatic rings. The summed E-state index contributed by atoms with van der Waals surface area (Å²) < 4.78 is 15.7. The van der Waals surface area contributed by atoms with Crippen LogP contribution in [0.3, 0.4) is 0 Å². The third kappa shape index (κ3) is 5.37. The fraction of sp³-hybridized carbons (Fsp3) is 0.579. The van der Waals surface area contributed by atoms with Crippen molar-refractivity contribution in [2.45, 2.75) is 45.6 Å². The Labute approximate surface area is 148 Å². The molecule has 6 nitrogen and oxygen atoms in total. The van der Waals surface area contributed by atoms with Gasteiger partial charge in [0.05, 0.1) is 19.3 Å². The van der Waals surface area contributed by atoms with Gasteiger partial charge in [-0.15, -0.1) is 0 Å². The minimum atomic E-state index is -0.562. The van der Waals surface area contributed by atoms with Crippen molar-refractivity contribution in [3.05, 3.63) is 23.8 Å². The number of ether oxygens (including phenoxy) is 3. The average Bonchev–Trinajstić information content (AvgIpc) is 2.62. The lowest BCUT2D eigenvalue weighted by Crippen LogP contribution is -2.42. The molecule has 1 saturated carbocycles. The van der Waals surface area contributed by atoms with Crippen LogP contribution in [-0.4, -0.2) is 38.2 Å². The van der Waals surface area contributed by atoms with Crippen LogP contribution in [0, 0.1) is 5.92 Å². The van der Waals surface area contributed by atoms with Crippen LogP contribution in [0.25, 0.3) is 0 Å². The fourth-order valence-electron chi connectivity index (χ4n) is 3.06. The molecule has 6 heteroatoms. The second-order valence-corrected chi connectivity index (χ2v) is 6.31. The number of amides is 1. The number of benzene rings is 1. The number of carbonyl (C=O) groups is 2. The molecule has 0 bridgehead atoms. The molecule has 1 aliphatic carbocycles. The maximum Gasteiger partial charge on any atom is 0.338 e. The minimum absolute atomic E-state index is 0.172. The number of esters is 1. The van der Waals surface area contributed by atoms with Gasteiger partial charge in [0.25, 0.3) is 5.91 Å². The summed E-state index contributed by atoms with van der Waals surface area (Å²) >= 11 is 0. The molecule has 0 aromatic heterocycles. The fourth-order valence-corrected chi connectivity index (χ4v) is 3.06. The summed E-state index contributed by atoms with van der Waals surface area (Å²) in [6, 6.07) is 4.97. The number of nitrogens with one attached hydrogen (secondary N) is 1. The number of rotatable bonds is 7. The molecule has 1 aromatic carbocycles. The van der Waals surface area contributed by atoms with E-state index in [1.807, 2.05) is 6.92 Å². The van der Waals surface area contributed by atoms with Crippen molar-refractivity contribution in [1.82, 2.24) is 5.32 Å². The molecule has 0 radical (unpaired) electrons. The van der Waals surface area contributed by atoms with Crippen LogP contribution in [0.1, 0.15) is 49.9 Å². The largest absolute Gasteiger partial charge is 0.493 e. The SMILES string of the molecule is CCOc1ccc(C(=O)OCC(=O)N[C@@H]2CCCC[C@@H]2C)cc1OC. The summed E-state index contributed by atoms with van der Waals surface area (Å²) in [5.41, 5.74) is 0.319. The highest BCUT2D eigenvalue weighted by Gasteiger charge is 2.23. The van der Waals surface area contributed by atoms with Gasteiger partial charge >= 0.3 is 5.97 Å². The second-order valence-electron chi connectivity index (χ2n) is 6.31. The Kier molecular flexibility index (Phi) is 7.10. The lowest BCUT2D eigenvalue weighted by Gasteiger charge is -2.29. The van der Waals surface area contributed by atoms with Crippen molar-refractivity contribution in [2.24, 2.45) is 5.92 Å². The van der Waals surface area contributed by atoms with Gasteiger partial charge in [-0.2, -0.15) is 0 Å². The maximum absolute atomic E-state index is 12.1. The molecule has 0 saturated heterocycles. The molecular weight excluding hydrogens is 322 g/mol. The van der Waals surface area contributed by atoms with E-state index in [0.29, 0.717) is 29.6 Å². The van der Waals surface area contributed by atoms with Crippen molar-refractivity contribution in [3.63, 3.8) is 0 Å². The van der Waals surface area contributed by atoms with Crippen LogP contribution in [0.5, 0.6) is 11.5 Å². The lowest BCUT2D eigenvalue weighted by atomic mass is 9.86. The normalized spacial score (nSPS) is 19.8. The van der Waals surface area contributed by atoms with Gasteiger partial charge in [0, 0.05) is 6.04 Å². The molecule has 138 valence electrons. The molecule has 0 spiro atoms. The second kappa shape index (κ2) is 9.30. The summed E-state index contributed by atoms with van der Waals surface area (Å²) in [5.74, 6) is 0.657. The van der Waals surface area contributed by atoms with Crippen molar-refractivity contribution >= 4 is 11.9 Å². The highest BCUT2D eigenvalue weighted by atomic mass is 16.5. The van der Waals surface area contributed by atoms with Crippen molar-refractivity contribution in [3.8, 4) is 11.5 Å². The molecule has 0 heterocycles. The van der Waals surface area contributed by atoms with Crippen molar-refractivity contribution in [2.75, 3.05) is 20.3 Å². The molecule has 25 heavy (non-hydrogen) atoms. The lowest BCUT2D eigenvalue weighted by molar-refractivity contribution is -0.125. The quantitative estimate of drug-likeness (QED) is 0.766. The van der Waals surface area contributed by atoms with E-state index in [-0.39, 0.29) is 18.6 Å². The van der Waals surface area contributed by atoms with Crippen LogP contribution < -0.4 is 14.8 Å². The molecular formula is C19H27NO5. The molecule has 2 atom stereocenters. The predicted octanol–water partition coefficient (Wildman–Crippen LogP) is 2.95. The Morgan fingerprint density at radius 3 is 2.64 bits per heavy atom. The Bertz CT molecular complexity index is 601. The predicted molar refractivity (Wildman–Crippen MR) is 94.0 cm³/mol. The van der Waals surface area contributed by atoms with Crippen LogP contribution in [0.2, 0.25) is 0 Å². The van der Waals surface area contributed by atoms with Crippen LogP contribution in [0.4, 0.5) is 0 Å². The van der Waals surface area contributed by atoms with Gasteiger partial charge in [0.15, 0.2) is 18.1 Å². The summed E-state index contributed by atoms with van der Waals surface area (Å²) in [7, 11) is 1.51. The van der Waals surface area contributed by atoms with Gasteiger partial charge < -0.3 is 19.5 Å². The van der Waals surface area contributed by atoms with E-state index in [1.165, 1.54) is 13.5 Å².